The van der Waals surface area contributed by atoms with E-state index in [9.17, 15) is 9.90 Å². The van der Waals surface area contributed by atoms with E-state index in [2.05, 4.69) is 29.6 Å². The molecule has 0 spiro atoms. The molecule has 2 N–H and O–H groups in total. The summed E-state index contributed by atoms with van der Waals surface area (Å²) < 4.78 is 0. The van der Waals surface area contributed by atoms with Gasteiger partial charge >= 0.3 is 0 Å². The number of rotatable bonds is 5. The molecule has 0 bridgehead atoms. The van der Waals surface area contributed by atoms with Gasteiger partial charge in [0.25, 0.3) is 0 Å². The number of amides is 1. The summed E-state index contributed by atoms with van der Waals surface area (Å²) in [6, 6.07) is 17.3. The summed E-state index contributed by atoms with van der Waals surface area (Å²) in [7, 11) is 0. The van der Waals surface area contributed by atoms with E-state index in [0.29, 0.717) is 11.4 Å². The van der Waals surface area contributed by atoms with Crippen molar-refractivity contribution in [2.75, 3.05) is 11.1 Å². The second kappa shape index (κ2) is 8.00. The van der Waals surface area contributed by atoms with Gasteiger partial charge in [-0.15, -0.1) is 11.8 Å². The van der Waals surface area contributed by atoms with Crippen molar-refractivity contribution in [3.63, 3.8) is 0 Å². The van der Waals surface area contributed by atoms with Crippen LogP contribution < -0.4 is 5.32 Å². The highest BCUT2D eigenvalue weighted by Crippen LogP contribution is 2.34. The molecule has 0 saturated carbocycles. The molecule has 3 aromatic rings. The van der Waals surface area contributed by atoms with E-state index in [1.807, 2.05) is 18.2 Å². The zero-order valence-electron chi connectivity index (χ0n) is 13.1. The highest BCUT2D eigenvalue weighted by molar-refractivity contribution is 7.99. The number of thioether (sulfide) groups is 1. The summed E-state index contributed by atoms with van der Waals surface area (Å²) in [5, 5.41) is 14.9. The molecule has 0 aliphatic rings. The number of fused-ring (bicyclic) bond motifs is 1. The first-order valence-corrected chi connectivity index (χ1v) is 9.48. The largest absolute Gasteiger partial charge is 0.505 e. The van der Waals surface area contributed by atoms with Gasteiger partial charge in [-0.05, 0) is 28.5 Å². The number of carbonyl (C=O) groups excluding carboxylic acids is 1. The van der Waals surface area contributed by atoms with Crippen molar-refractivity contribution in [2.45, 2.75) is 5.75 Å². The van der Waals surface area contributed by atoms with Crippen molar-refractivity contribution in [3.8, 4) is 5.75 Å². The second-order valence-corrected chi connectivity index (χ2v) is 7.27. The van der Waals surface area contributed by atoms with Crippen LogP contribution in [0.2, 0.25) is 10.0 Å². The third-order valence-corrected chi connectivity index (χ3v) is 5.23. The van der Waals surface area contributed by atoms with Crippen molar-refractivity contribution in [1.29, 1.82) is 0 Å². The summed E-state index contributed by atoms with van der Waals surface area (Å²) in [5.41, 5.74) is 1.66. The minimum absolute atomic E-state index is 0.103. The minimum atomic E-state index is -0.188. The SMILES string of the molecule is O=C(CSCc1cccc2ccccc12)Nc1cc(Cl)c(O)c(Cl)c1. The van der Waals surface area contributed by atoms with Gasteiger partial charge in [-0.3, -0.25) is 4.79 Å². The molecule has 0 fully saturated rings. The number of aromatic hydroxyl groups is 1. The van der Waals surface area contributed by atoms with Crippen molar-refractivity contribution >= 4 is 57.3 Å². The maximum atomic E-state index is 12.1. The van der Waals surface area contributed by atoms with Crippen molar-refractivity contribution in [2.24, 2.45) is 0 Å². The fourth-order valence-corrected chi connectivity index (χ4v) is 3.83. The first-order chi connectivity index (χ1) is 12.0. The van der Waals surface area contributed by atoms with Crippen LogP contribution in [0.5, 0.6) is 5.75 Å². The fraction of sp³-hybridized carbons (Fsp3) is 0.105. The molecule has 0 radical (unpaired) electrons. The number of nitrogens with one attached hydrogen (secondary N) is 1. The molecule has 0 aliphatic carbocycles. The Morgan fingerprint density at radius 3 is 2.48 bits per heavy atom. The topological polar surface area (TPSA) is 49.3 Å². The van der Waals surface area contributed by atoms with Crippen LogP contribution in [-0.2, 0) is 10.5 Å². The molecule has 0 aliphatic heterocycles. The number of benzene rings is 3. The van der Waals surface area contributed by atoms with Crippen LogP contribution in [0.25, 0.3) is 10.8 Å². The van der Waals surface area contributed by atoms with E-state index >= 15 is 0 Å². The van der Waals surface area contributed by atoms with Gasteiger partial charge in [0, 0.05) is 11.4 Å². The van der Waals surface area contributed by atoms with E-state index < -0.39 is 0 Å². The summed E-state index contributed by atoms with van der Waals surface area (Å²) in [6.07, 6.45) is 0. The number of anilines is 1. The van der Waals surface area contributed by atoms with Gasteiger partial charge in [-0.25, -0.2) is 0 Å². The number of halogens is 2. The Morgan fingerprint density at radius 2 is 1.72 bits per heavy atom. The average molecular weight is 392 g/mol. The highest BCUT2D eigenvalue weighted by atomic mass is 35.5. The molecular weight excluding hydrogens is 377 g/mol. The van der Waals surface area contributed by atoms with Gasteiger partial charge in [0.05, 0.1) is 15.8 Å². The van der Waals surface area contributed by atoms with E-state index in [0.717, 1.165) is 5.75 Å². The van der Waals surface area contributed by atoms with Gasteiger partial charge in [-0.1, -0.05) is 65.7 Å². The van der Waals surface area contributed by atoms with E-state index in [-0.39, 0.29) is 21.7 Å². The number of phenols is 1. The number of hydrogen-bond acceptors (Lipinski definition) is 3. The summed E-state index contributed by atoms with van der Waals surface area (Å²) in [4.78, 5) is 12.1. The van der Waals surface area contributed by atoms with Crippen LogP contribution >= 0.6 is 35.0 Å². The smallest absolute Gasteiger partial charge is 0.234 e. The first kappa shape index (κ1) is 17.9. The Kier molecular flexibility index (Phi) is 5.74. The fourth-order valence-electron chi connectivity index (χ4n) is 2.51. The maximum Gasteiger partial charge on any atom is 0.234 e. The monoisotopic (exact) mass is 391 g/mol. The van der Waals surface area contributed by atoms with Crippen LogP contribution in [0.4, 0.5) is 5.69 Å². The highest BCUT2D eigenvalue weighted by Gasteiger charge is 2.09. The lowest BCUT2D eigenvalue weighted by atomic mass is 10.1. The predicted octanol–water partition coefficient (Wildman–Crippen LogP) is 5.72. The van der Waals surface area contributed by atoms with Crippen molar-refractivity contribution in [3.05, 3.63) is 70.2 Å². The quantitative estimate of drug-likeness (QED) is 0.546. The Morgan fingerprint density at radius 1 is 1.04 bits per heavy atom. The average Bonchev–Trinajstić information content (AvgIpc) is 2.60. The normalized spacial score (nSPS) is 10.8. The number of carbonyl (C=O) groups is 1. The van der Waals surface area contributed by atoms with Crippen LogP contribution in [-0.4, -0.2) is 16.8 Å². The summed E-state index contributed by atoms with van der Waals surface area (Å²) >= 11 is 13.2. The summed E-state index contributed by atoms with van der Waals surface area (Å²) in [6.45, 7) is 0. The van der Waals surface area contributed by atoms with E-state index in [4.69, 9.17) is 23.2 Å². The van der Waals surface area contributed by atoms with Crippen molar-refractivity contribution in [1.82, 2.24) is 0 Å². The first-order valence-electron chi connectivity index (χ1n) is 7.57. The lowest BCUT2D eigenvalue weighted by molar-refractivity contribution is -0.113. The lowest BCUT2D eigenvalue weighted by Crippen LogP contribution is -2.14. The Balaban J connectivity index is 1.59. The Labute approximate surface area is 160 Å². The molecule has 128 valence electrons. The minimum Gasteiger partial charge on any atom is -0.505 e. The molecule has 3 rings (SSSR count). The molecule has 3 nitrogen and oxygen atoms in total. The molecule has 0 atom stereocenters. The molecular formula is C19H15Cl2NO2S. The summed E-state index contributed by atoms with van der Waals surface area (Å²) in [5.74, 6) is 0.709. The standard InChI is InChI=1S/C19H15Cl2NO2S/c20-16-8-14(9-17(21)19(16)24)22-18(23)11-25-10-13-6-3-5-12-4-1-2-7-15(12)13/h1-9,24H,10-11H2,(H,22,23). The number of hydrogen-bond donors (Lipinski definition) is 2. The van der Waals surface area contributed by atoms with Gasteiger partial charge in [0.2, 0.25) is 5.91 Å². The Bertz CT molecular complexity index is 902. The lowest BCUT2D eigenvalue weighted by Gasteiger charge is -2.09. The third kappa shape index (κ3) is 4.40. The van der Waals surface area contributed by atoms with Crippen LogP contribution in [0.3, 0.4) is 0 Å². The van der Waals surface area contributed by atoms with Crippen LogP contribution in [0.1, 0.15) is 5.56 Å². The predicted molar refractivity (Wildman–Crippen MR) is 107 cm³/mol. The molecule has 0 aromatic heterocycles. The zero-order chi connectivity index (χ0) is 17.8. The van der Waals surface area contributed by atoms with Gasteiger partial charge in [-0.2, -0.15) is 0 Å². The molecule has 6 heteroatoms. The molecule has 25 heavy (non-hydrogen) atoms. The Hall–Kier alpha value is -1.88. The van der Waals surface area contributed by atoms with E-state index in [1.165, 1.54) is 40.2 Å². The van der Waals surface area contributed by atoms with E-state index in [1.54, 1.807) is 0 Å². The molecule has 0 unspecified atom stereocenters. The zero-order valence-corrected chi connectivity index (χ0v) is 15.5. The maximum absolute atomic E-state index is 12.1. The second-order valence-electron chi connectivity index (χ2n) is 5.47. The van der Waals surface area contributed by atoms with Gasteiger partial charge < -0.3 is 10.4 Å². The van der Waals surface area contributed by atoms with Gasteiger partial charge in [0.1, 0.15) is 0 Å². The number of phenolic OH excluding ortho intramolecular Hbond substituents is 1. The van der Waals surface area contributed by atoms with Crippen molar-refractivity contribution < 1.29 is 9.90 Å². The molecule has 1 amide bonds. The van der Waals surface area contributed by atoms with Crippen LogP contribution in [0, 0.1) is 0 Å². The van der Waals surface area contributed by atoms with Crippen LogP contribution in [0.15, 0.2) is 54.6 Å². The molecule has 0 saturated heterocycles. The van der Waals surface area contributed by atoms with Gasteiger partial charge in [0.15, 0.2) is 5.75 Å². The molecule has 0 heterocycles. The third-order valence-electron chi connectivity index (χ3n) is 3.67. The molecule has 3 aromatic carbocycles.